The second-order valence-corrected chi connectivity index (χ2v) is 7.28. The van der Waals surface area contributed by atoms with Crippen LogP contribution in [0.5, 0.6) is 0 Å². The molecule has 2 heterocycles. The van der Waals surface area contributed by atoms with Crippen LogP contribution in [-0.2, 0) is 4.74 Å². The van der Waals surface area contributed by atoms with E-state index in [1.807, 2.05) is 13.8 Å². The van der Waals surface area contributed by atoms with Gasteiger partial charge in [0.15, 0.2) is 0 Å². The Morgan fingerprint density at radius 2 is 1.94 bits per heavy atom. The first-order chi connectivity index (χ1) is 8.20. The van der Waals surface area contributed by atoms with E-state index in [0.29, 0.717) is 6.42 Å². The normalized spacial score (nSPS) is 43.0. The molecule has 106 valence electrons. The maximum atomic E-state index is 11.2. The Kier molecular flexibility index (Phi) is 3.54. The van der Waals surface area contributed by atoms with Crippen LogP contribution in [0.2, 0.25) is 0 Å². The van der Waals surface area contributed by atoms with Crippen molar-refractivity contribution in [3.63, 3.8) is 0 Å². The Morgan fingerprint density at radius 1 is 1.28 bits per heavy atom. The average Bonchev–Trinajstić information content (AvgIpc) is 2.43. The molecule has 3 atom stereocenters. The summed E-state index contributed by atoms with van der Waals surface area (Å²) in [6.45, 7) is 11.5. The minimum absolute atomic E-state index is 0.160. The summed E-state index contributed by atoms with van der Waals surface area (Å²) in [4.78, 5) is 0. The Hall–Kier alpha value is -0.120. The number of hydrogen-bond donors (Lipinski definition) is 2. The van der Waals surface area contributed by atoms with E-state index in [9.17, 15) is 5.11 Å². The van der Waals surface area contributed by atoms with Crippen molar-refractivity contribution in [1.29, 1.82) is 0 Å². The van der Waals surface area contributed by atoms with Gasteiger partial charge in [-0.05, 0) is 53.0 Å². The maximum Gasteiger partial charge on any atom is 0.111 e. The second kappa shape index (κ2) is 4.46. The molecular formula is C15H29NO2. The Balaban J connectivity index is 2.20. The van der Waals surface area contributed by atoms with Crippen LogP contribution in [0, 0.1) is 5.92 Å². The van der Waals surface area contributed by atoms with Crippen LogP contribution in [0.25, 0.3) is 0 Å². The summed E-state index contributed by atoms with van der Waals surface area (Å²) >= 11 is 0. The smallest absolute Gasteiger partial charge is 0.111 e. The molecule has 0 aliphatic carbocycles. The first kappa shape index (κ1) is 14.3. The topological polar surface area (TPSA) is 41.5 Å². The number of rotatable bonds is 2. The summed E-state index contributed by atoms with van der Waals surface area (Å²) in [6.07, 6.45) is 4.21. The molecular weight excluding hydrogens is 226 g/mol. The summed E-state index contributed by atoms with van der Waals surface area (Å²) in [6, 6.07) is 0.160. The van der Waals surface area contributed by atoms with Crippen molar-refractivity contribution in [2.75, 3.05) is 6.54 Å². The van der Waals surface area contributed by atoms with Crippen molar-refractivity contribution in [3.8, 4) is 0 Å². The average molecular weight is 255 g/mol. The van der Waals surface area contributed by atoms with Crippen molar-refractivity contribution < 1.29 is 9.84 Å². The van der Waals surface area contributed by atoms with Crippen LogP contribution in [0.1, 0.15) is 60.3 Å². The lowest BCUT2D eigenvalue weighted by molar-refractivity contribution is -0.142. The number of hydrogen-bond acceptors (Lipinski definition) is 3. The summed E-state index contributed by atoms with van der Waals surface area (Å²) in [5.41, 5.74) is -1.48. The molecule has 0 amide bonds. The van der Waals surface area contributed by atoms with E-state index in [-0.39, 0.29) is 11.6 Å². The molecule has 18 heavy (non-hydrogen) atoms. The van der Waals surface area contributed by atoms with Crippen LogP contribution >= 0.6 is 0 Å². The summed E-state index contributed by atoms with van der Waals surface area (Å²) < 4.78 is 6.08. The van der Waals surface area contributed by atoms with Gasteiger partial charge in [0.25, 0.3) is 0 Å². The van der Waals surface area contributed by atoms with Crippen molar-refractivity contribution in [2.45, 2.75) is 83.1 Å². The van der Waals surface area contributed by atoms with E-state index in [2.05, 4.69) is 26.1 Å². The maximum absolute atomic E-state index is 11.2. The predicted octanol–water partition coefficient (Wildman–Crippen LogP) is 2.47. The van der Waals surface area contributed by atoms with E-state index in [1.165, 1.54) is 12.8 Å². The summed E-state index contributed by atoms with van der Waals surface area (Å²) in [7, 11) is 0. The molecule has 0 bridgehead atoms. The van der Waals surface area contributed by atoms with Crippen molar-refractivity contribution >= 4 is 0 Å². The number of aliphatic hydroxyl groups is 1. The van der Waals surface area contributed by atoms with Gasteiger partial charge < -0.3 is 15.2 Å². The molecule has 3 nitrogen and oxygen atoms in total. The third kappa shape index (κ3) is 2.33. The highest BCUT2D eigenvalue weighted by Crippen LogP contribution is 2.48. The fourth-order valence-electron chi connectivity index (χ4n) is 3.95. The van der Waals surface area contributed by atoms with Gasteiger partial charge in [-0.25, -0.2) is 0 Å². The molecule has 2 saturated heterocycles. The summed E-state index contributed by atoms with van der Waals surface area (Å²) in [5.74, 6) is 0.736. The van der Waals surface area contributed by atoms with Gasteiger partial charge in [0.05, 0.1) is 11.2 Å². The highest BCUT2D eigenvalue weighted by molar-refractivity contribution is 5.12. The van der Waals surface area contributed by atoms with Crippen molar-refractivity contribution in [3.05, 3.63) is 0 Å². The Bertz CT molecular complexity index is 314. The molecule has 2 aliphatic rings. The molecule has 0 spiro atoms. The van der Waals surface area contributed by atoms with Gasteiger partial charge >= 0.3 is 0 Å². The molecule has 0 saturated carbocycles. The fraction of sp³-hybridized carbons (Fsp3) is 1.00. The van der Waals surface area contributed by atoms with E-state index in [1.54, 1.807) is 0 Å². The molecule has 3 unspecified atom stereocenters. The molecule has 0 aromatic rings. The van der Waals surface area contributed by atoms with Gasteiger partial charge in [-0.1, -0.05) is 13.3 Å². The zero-order chi connectivity index (χ0) is 13.6. The van der Waals surface area contributed by atoms with E-state index in [0.717, 1.165) is 18.9 Å². The molecule has 2 aliphatic heterocycles. The van der Waals surface area contributed by atoms with Gasteiger partial charge in [-0.2, -0.15) is 0 Å². The van der Waals surface area contributed by atoms with Crippen LogP contribution < -0.4 is 5.32 Å². The lowest BCUT2D eigenvalue weighted by Gasteiger charge is -2.45. The zero-order valence-electron chi connectivity index (χ0n) is 12.5. The molecule has 3 heteroatoms. The largest absolute Gasteiger partial charge is 0.385 e. The standard InChI is InChI=1S/C15H29NO2/c1-6-11-7-8-16-12(9-11)15(17)10-13(2,3)18-14(15,4)5/h11-12,16-17H,6-10H2,1-5H3. The first-order valence-corrected chi connectivity index (χ1v) is 7.36. The van der Waals surface area contributed by atoms with Crippen LogP contribution in [0.3, 0.4) is 0 Å². The van der Waals surface area contributed by atoms with E-state index in [4.69, 9.17) is 4.74 Å². The molecule has 0 aromatic carbocycles. The van der Waals surface area contributed by atoms with E-state index < -0.39 is 11.2 Å². The van der Waals surface area contributed by atoms with Gasteiger partial charge in [0.2, 0.25) is 0 Å². The third-order valence-electron chi connectivity index (χ3n) is 4.94. The Labute approximate surface area is 111 Å². The molecule has 2 N–H and O–H groups in total. The minimum Gasteiger partial charge on any atom is -0.385 e. The lowest BCUT2D eigenvalue weighted by Crippen LogP contribution is -2.62. The first-order valence-electron chi connectivity index (χ1n) is 7.36. The van der Waals surface area contributed by atoms with E-state index >= 15 is 0 Å². The quantitative estimate of drug-likeness (QED) is 0.796. The zero-order valence-corrected chi connectivity index (χ0v) is 12.5. The van der Waals surface area contributed by atoms with Gasteiger partial charge in [-0.15, -0.1) is 0 Å². The van der Waals surface area contributed by atoms with Gasteiger partial charge in [-0.3, -0.25) is 0 Å². The lowest BCUT2D eigenvalue weighted by atomic mass is 9.72. The third-order valence-corrected chi connectivity index (χ3v) is 4.94. The van der Waals surface area contributed by atoms with Crippen LogP contribution in [0.15, 0.2) is 0 Å². The molecule has 0 aromatic heterocycles. The second-order valence-electron chi connectivity index (χ2n) is 7.28. The number of nitrogens with one attached hydrogen (secondary N) is 1. The minimum atomic E-state index is -0.760. The van der Waals surface area contributed by atoms with Gasteiger partial charge in [0.1, 0.15) is 5.60 Å². The summed E-state index contributed by atoms with van der Waals surface area (Å²) in [5, 5.41) is 14.7. The van der Waals surface area contributed by atoms with Gasteiger partial charge in [0, 0.05) is 12.5 Å². The molecule has 2 rings (SSSR count). The molecule has 0 radical (unpaired) electrons. The Morgan fingerprint density at radius 3 is 2.44 bits per heavy atom. The van der Waals surface area contributed by atoms with Crippen molar-refractivity contribution in [2.24, 2.45) is 5.92 Å². The van der Waals surface area contributed by atoms with Crippen molar-refractivity contribution in [1.82, 2.24) is 5.32 Å². The predicted molar refractivity (Wildman–Crippen MR) is 73.6 cm³/mol. The highest BCUT2D eigenvalue weighted by Gasteiger charge is 2.60. The highest BCUT2D eigenvalue weighted by atomic mass is 16.5. The number of piperidine rings is 1. The van der Waals surface area contributed by atoms with Crippen LogP contribution in [-0.4, -0.2) is 34.5 Å². The number of ether oxygens (including phenoxy) is 1. The molecule has 2 fully saturated rings. The fourth-order valence-corrected chi connectivity index (χ4v) is 3.95. The SMILES string of the molecule is CCC1CCNC(C2(O)CC(C)(C)OC2(C)C)C1. The monoisotopic (exact) mass is 255 g/mol. The van der Waals surface area contributed by atoms with Crippen LogP contribution in [0.4, 0.5) is 0 Å².